The van der Waals surface area contributed by atoms with Crippen LogP contribution in [0, 0.1) is 16.0 Å². The Morgan fingerprint density at radius 1 is 1.06 bits per heavy atom. The number of nitrogens with zero attached hydrogens (tertiary/aromatic N) is 2. The van der Waals surface area contributed by atoms with Gasteiger partial charge in [-0.3, -0.25) is 14.9 Å². The van der Waals surface area contributed by atoms with Crippen molar-refractivity contribution in [2.24, 2.45) is 5.92 Å². The summed E-state index contributed by atoms with van der Waals surface area (Å²) < 4.78 is 32.6. The van der Waals surface area contributed by atoms with Crippen LogP contribution in [0.25, 0.3) is 10.8 Å². The lowest BCUT2D eigenvalue weighted by atomic mass is 9.97. The molecule has 1 aliphatic rings. The predicted octanol–water partition coefficient (Wildman–Crippen LogP) is 3.80. The van der Waals surface area contributed by atoms with E-state index < -0.39 is 20.9 Å². The van der Waals surface area contributed by atoms with Crippen LogP contribution in [0.5, 0.6) is 5.75 Å². The second-order valence-corrected chi connectivity index (χ2v) is 9.75. The molecule has 1 aliphatic heterocycles. The van der Waals surface area contributed by atoms with Crippen molar-refractivity contribution in [2.75, 3.05) is 25.5 Å². The van der Waals surface area contributed by atoms with Gasteiger partial charge >= 0.3 is 0 Å². The van der Waals surface area contributed by atoms with Crippen molar-refractivity contribution in [1.82, 2.24) is 4.31 Å². The first-order valence-electron chi connectivity index (χ1n) is 10.4. The molecule has 1 saturated heterocycles. The van der Waals surface area contributed by atoms with Gasteiger partial charge in [0.1, 0.15) is 11.4 Å². The average Bonchev–Trinajstić information content (AvgIpc) is 2.83. The summed E-state index contributed by atoms with van der Waals surface area (Å²) in [5, 5.41) is 15.8. The van der Waals surface area contributed by atoms with Crippen LogP contribution in [0.3, 0.4) is 0 Å². The molecule has 0 bridgehead atoms. The second-order valence-electron chi connectivity index (χ2n) is 7.82. The first-order valence-corrected chi connectivity index (χ1v) is 11.9. The molecular formula is C23H23N3O6S. The molecule has 0 atom stereocenters. The summed E-state index contributed by atoms with van der Waals surface area (Å²) in [5.74, 6) is -0.507. The minimum absolute atomic E-state index is 0.0806. The number of nitro benzene ring substituents is 1. The van der Waals surface area contributed by atoms with E-state index in [4.69, 9.17) is 4.74 Å². The van der Waals surface area contributed by atoms with Crippen molar-refractivity contribution < 1.29 is 22.9 Å². The number of methoxy groups -OCH3 is 1. The van der Waals surface area contributed by atoms with E-state index in [2.05, 4.69) is 5.32 Å². The summed E-state index contributed by atoms with van der Waals surface area (Å²) in [6.45, 7) is 0.385. The number of rotatable bonds is 6. The molecule has 172 valence electrons. The number of ether oxygens (including phenoxy) is 1. The number of carbonyl (C=O) groups excluding carboxylic acids is 1. The summed E-state index contributed by atoms with van der Waals surface area (Å²) in [7, 11) is -2.29. The van der Waals surface area contributed by atoms with Gasteiger partial charge in [0.15, 0.2) is 0 Å². The van der Waals surface area contributed by atoms with Crippen molar-refractivity contribution in [3.63, 3.8) is 0 Å². The summed E-state index contributed by atoms with van der Waals surface area (Å²) in [5.41, 5.74) is -0.184. The molecule has 33 heavy (non-hydrogen) atoms. The minimum Gasteiger partial charge on any atom is -0.496 e. The summed E-state index contributed by atoms with van der Waals surface area (Å²) >= 11 is 0. The molecule has 1 fully saturated rings. The molecule has 0 saturated carbocycles. The van der Waals surface area contributed by atoms with Gasteiger partial charge in [0.05, 0.1) is 23.0 Å². The highest BCUT2D eigenvalue weighted by molar-refractivity contribution is 7.89. The van der Waals surface area contributed by atoms with Crippen LogP contribution < -0.4 is 10.1 Å². The highest BCUT2D eigenvalue weighted by Crippen LogP contribution is 2.31. The molecule has 0 radical (unpaired) electrons. The van der Waals surface area contributed by atoms with E-state index in [1.54, 1.807) is 18.2 Å². The molecule has 10 heteroatoms. The van der Waals surface area contributed by atoms with Crippen LogP contribution >= 0.6 is 0 Å². The van der Waals surface area contributed by atoms with Gasteiger partial charge in [-0.1, -0.05) is 30.3 Å². The van der Waals surface area contributed by atoms with Crippen molar-refractivity contribution in [2.45, 2.75) is 17.7 Å². The highest BCUT2D eigenvalue weighted by atomic mass is 32.2. The van der Waals surface area contributed by atoms with Crippen LogP contribution in [0.4, 0.5) is 11.4 Å². The topological polar surface area (TPSA) is 119 Å². The maximum Gasteiger partial charge on any atom is 0.296 e. The van der Waals surface area contributed by atoms with Crippen molar-refractivity contribution in [3.8, 4) is 5.75 Å². The number of anilines is 1. The van der Waals surface area contributed by atoms with E-state index in [9.17, 15) is 23.3 Å². The number of piperidine rings is 1. The first-order chi connectivity index (χ1) is 15.8. The van der Waals surface area contributed by atoms with E-state index in [0.29, 0.717) is 18.6 Å². The molecule has 4 rings (SSSR count). The number of fused-ring (bicyclic) bond motifs is 1. The Labute approximate surface area is 191 Å². The molecule has 0 spiro atoms. The largest absolute Gasteiger partial charge is 0.496 e. The smallest absolute Gasteiger partial charge is 0.296 e. The lowest BCUT2D eigenvalue weighted by molar-refractivity contribution is -0.384. The summed E-state index contributed by atoms with van der Waals surface area (Å²) in [6, 6.07) is 16.8. The summed E-state index contributed by atoms with van der Waals surface area (Å²) in [6.07, 6.45) is 0.644. The Morgan fingerprint density at radius 2 is 1.76 bits per heavy atom. The first kappa shape index (κ1) is 22.7. The minimum atomic E-state index is -3.69. The number of benzene rings is 3. The monoisotopic (exact) mass is 469 g/mol. The van der Waals surface area contributed by atoms with E-state index in [1.165, 1.54) is 29.6 Å². The van der Waals surface area contributed by atoms with E-state index in [0.717, 1.165) is 10.8 Å². The van der Waals surface area contributed by atoms with Crippen LogP contribution in [0.1, 0.15) is 12.8 Å². The highest BCUT2D eigenvalue weighted by Gasteiger charge is 2.33. The molecule has 9 nitrogen and oxygen atoms in total. The Hall–Kier alpha value is -3.50. The second kappa shape index (κ2) is 9.16. The third-order valence-electron chi connectivity index (χ3n) is 5.84. The number of sulfonamides is 1. The van der Waals surface area contributed by atoms with Crippen LogP contribution in [-0.4, -0.2) is 43.8 Å². The number of nitro groups is 1. The molecule has 3 aromatic rings. The molecule has 1 N–H and O–H groups in total. The zero-order chi connectivity index (χ0) is 23.6. The lowest BCUT2D eigenvalue weighted by Gasteiger charge is -2.30. The third-order valence-corrected chi connectivity index (χ3v) is 7.74. The van der Waals surface area contributed by atoms with Gasteiger partial charge in [-0.2, -0.15) is 4.31 Å². The van der Waals surface area contributed by atoms with Gasteiger partial charge in [0, 0.05) is 19.0 Å². The van der Waals surface area contributed by atoms with Crippen LogP contribution in [0.2, 0.25) is 0 Å². The maximum atomic E-state index is 13.1. The fourth-order valence-electron chi connectivity index (χ4n) is 3.97. The van der Waals surface area contributed by atoms with Gasteiger partial charge in [0.2, 0.25) is 15.9 Å². The number of nitrogens with one attached hydrogen (secondary N) is 1. The molecule has 0 aromatic heterocycles. The van der Waals surface area contributed by atoms with E-state index >= 15 is 0 Å². The Bertz CT molecular complexity index is 1320. The number of hydrogen-bond acceptors (Lipinski definition) is 6. The maximum absolute atomic E-state index is 13.1. The van der Waals surface area contributed by atoms with Gasteiger partial charge in [-0.15, -0.1) is 0 Å². The predicted molar refractivity (Wildman–Crippen MR) is 124 cm³/mol. The van der Waals surface area contributed by atoms with Gasteiger partial charge in [0.25, 0.3) is 5.69 Å². The van der Waals surface area contributed by atoms with Gasteiger partial charge in [-0.05, 0) is 47.9 Å². The fourth-order valence-corrected chi connectivity index (χ4v) is 5.47. The molecule has 1 amide bonds. The fraction of sp³-hybridized carbons (Fsp3) is 0.261. The number of amides is 1. The van der Waals surface area contributed by atoms with Crippen LogP contribution in [-0.2, 0) is 14.8 Å². The van der Waals surface area contributed by atoms with Crippen molar-refractivity contribution >= 4 is 38.1 Å². The van der Waals surface area contributed by atoms with E-state index in [-0.39, 0.29) is 35.3 Å². The zero-order valence-electron chi connectivity index (χ0n) is 17.9. The lowest BCUT2D eigenvalue weighted by Crippen LogP contribution is -2.41. The zero-order valence-corrected chi connectivity index (χ0v) is 18.7. The SMILES string of the molecule is COc1ccc(NC(=O)C2CCN(S(=O)(=O)c3ccc4ccccc4c3)CC2)c([N+](=O)[O-])c1. The van der Waals surface area contributed by atoms with Gasteiger partial charge in [-0.25, -0.2) is 8.42 Å². The van der Waals surface area contributed by atoms with Crippen molar-refractivity contribution in [3.05, 3.63) is 70.8 Å². The number of carbonyl (C=O) groups is 1. The third kappa shape index (κ3) is 4.67. The molecule has 0 aliphatic carbocycles. The summed E-state index contributed by atoms with van der Waals surface area (Å²) in [4.78, 5) is 23.7. The normalized spacial score (nSPS) is 15.3. The quantitative estimate of drug-likeness (QED) is 0.433. The van der Waals surface area contributed by atoms with Crippen molar-refractivity contribution in [1.29, 1.82) is 0 Å². The van der Waals surface area contributed by atoms with Crippen LogP contribution in [0.15, 0.2) is 65.6 Å². The van der Waals surface area contributed by atoms with E-state index in [1.807, 2.05) is 24.3 Å². The molecule has 3 aromatic carbocycles. The molecule has 1 heterocycles. The standard InChI is InChI=1S/C23H23N3O6S/c1-32-19-7-9-21(22(15-19)26(28)29)24-23(27)17-10-12-25(13-11-17)33(30,31)20-8-6-16-4-2-3-5-18(16)14-20/h2-9,14-15,17H,10-13H2,1H3,(H,24,27). The Kier molecular flexibility index (Phi) is 6.30. The Morgan fingerprint density at radius 3 is 2.42 bits per heavy atom. The average molecular weight is 470 g/mol. The Balaban J connectivity index is 1.44. The molecular weight excluding hydrogens is 446 g/mol. The molecule has 0 unspecified atom stereocenters. The van der Waals surface area contributed by atoms with Gasteiger partial charge < -0.3 is 10.1 Å². The number of hydrogen-bond donors (Lipinski definition) is 1.